The first kappa shape index (κ1) is 13.6. The summed E-state index contributed by atoms with van der Waals surface area (Å²) in [5.41, 5.74) is 2.49. The first-order valence-electron chi connectivity index (χ1n) is 6.96. The van der Waals surface area contributed by atoms with Gasteiger partial charge in [0.15, 0.2) is 0 Å². The molecule has 0 radical (unpaired) electrons. The lowest BCUT2D eigenvalue weighted by Gasteiger charge is -2.25. The molecule has 1 aromatic heterocycles. The molecule has 1 aliphatic rings. The summed E-state index contributed by atoms with van der Waals surface area (Å²) in [5.74, 6) is 0.606. The molecule has 3 atom stereocenters. The predicted molar refractivity (Wildman–Crippen MR) is 72.7 cm³/mol. The van der Waals surface area contributed by atoms with Crippen LogP contribution in [0.3, 0.4) is 0 Å². The van der Waals surface area contributed by atoms with Gasteiger partial charge >= 0.3 is 0 Å². The zero-order valence-electron chi connectivity index (χ0n) is 11.9. The molecule has 1 aromatic rings. The van der Waals surface area contributed by atoms with Gasteiger partial charge in [0.05, 0.1) is 11.8 Å². The van der Waals surface area contributed by atoms with Gasteiger partial charge < -0.3 is 10.1 Å². The Morgan fingerprint density at radius 2 is 2.39 bits per heavy atom. The molecule has 0 amide bonds. The third-order valence-corrected chi connectivity index (χ3v) is 4.14. The molecule has 2 heterocycles. The van der Waals surface area contributed by atoms with Crippen LogP contribution in [0.4, 0.5) is 0 Å². The molecule has 0 aliphatic carbocycles. The summed E-state index contributed by atoms with van der Waals surface area (Å²) in [6.45, 7) is 5.23. The van der Waals surface area contributed by atoms with Gasteiger partial charge in [0.1, 0.15) is 0 Å². The molecule has 2 rings (SSSR count). The van der Waals surface area contributed by atoms with Crippen LogP contribution in [0.15, 0.2) is 6.07 Å². The molecule has 1 saturated heterocycles. The van der Waals surface area contributed by atoms with E-state index in [-0.39, 0.29) is 0 Å². The summed E-state index contributed by atoms with van der Waals surface area (Å²) in [4.78, 5) is 0. The van der Waals surface area contributed by atoms with Crippen molar-refractivity contribution in [2.24, 2.45) is 13.0 Å². The maximum absolute atomic E-state index is 5.68. The molecule has 0 saturated carbocycles. The van der Waals surface area contributed by atoms with Crippen LogP contribution in [0, 0.1) is 5.92 Å². The molecule has 1 aliphatic heterocycles. The number of hydrogen-bond donors (Lipinski definition) is 1. The number of aromatic nitrogens is 2. The summed E-state index contributed by atoms with van der Waals surface area (Å²) in [6, 6.07) is 2.70. The van der Waals surface area contributed by atoms with E-state index in [1.807, 2.05) is 18.8 Å². The largest absolute Gasteiger partial charge is 0.378 e. The number of ether oxygens (including phenoxy) is 1. The number of rotatable bonds is 5. The van der Waals surface area contributed by atoms with E-state index in [1.165, 1.54) is 11.4 Å². The molecule has 18 heavy (non-hydrogen) atoms. The highest BCUT2D eigenvalue weighted by Gasteiger charge is 2.31. The van der Waals surface area contributed by atoms with Gasteiger partial charge in [-0.1, -0.05) is 6.92 Å². The van der Waals surface area contributed by atoms with Crippen molar-refractivity contribution in [1.82, 2.24) is 15.1 Å². The topological polar surface area (TPSA) is 39.1 Å². The number of aryl methyl sites for hydroxylation is 2. The van der Waals surface area contributed by atoms with Crippen LogP contribution in [0.2, 0.25) is 0 Å². The molecular weight excluding hydrogens is 226 g/mol. The van der Waals surface area contributed by atoms with Crippen LogP contribution in [0.5, 0.6) is 0 Å². The van der Waals surface area contributed by atoms with Crippen molar-refractivity contribution < 1.29 is 4.74 Å². The lowest BCUT2D eigenvalue weighted by Crippen LogP contribution is -2.39. The van der Waals surface area contributed by atoms with E-state index in [9.17, 15) is 0 Å². The van der Waals surface area contributed by atoms with Crippen LogP contribution in [0.1, 0.15) is 31.7 Å². The maximum atomic E-state index is 5.68. The molecule has 4 nitrogen and oxygen atoms in total. The van der Waals surface area contributed by atoms with Gasteiger partial charge in [-0.2, -0.15) is 5.10 Å². The maximum Gasteiger partial charge on any atom is 0.0624 e. The summed E-state index contributed by atoms with van der Waals surface area (Å²) < 4.78 is 7.70. The molecule has 0 spiro atoms. The van der Waals surface area contributed by atoms with E-state index >= 15 is 0 Å². The second-order valence-electron chi connectivity index (χ2n) is 5.23. The summed E-state index contributed by atoms with van der Waals surface area (Å²) >= 11 is 0. The van der Waals surface area contributed by atoms with E-state index in [1.54, 1.807) is 0 Å². The fourth-order valence-electron chi connectivity index (χ4n) is 2.90. The molecular formula is C14H25N3O. The highest BCUT2D eigenvalue weighted by atomic mass is 16.5. The molecule has 1 fully saturated rings. The second kappa shape index (κ2) is 5.85. The zero-order valence-corrected chi connectivity index (χ0v) is 11.9. The van der Waals surface area contributed by atoms with Gasteiger partial charge in [-0.05, 0) is 32.9 Å². The van der Waals surface area contributed by atoms with Crippen molar-refractivity contribution in [2.45, 2.75) is 45.3 Å². The third kappa shape index (κ3) is 2.75. The fraction of sp³-hybridized carbons (Fsp3) is 0.786. The number of nitrogens with zero attached hydrogens (tertiary/aromatic N) is 2. The molecule has 0 aromatic carbocycles. The number of hydrogen-bond acceptors (Lipinski definition) is 3. The summed E-state index contributed by atoms with van der Waals surface area (Å²) in [7, 11) is 4.09. The average Bonchev–Trinajstić information content (AvgIpc) is 2.93. The van der Waals surface area contributed by atoms with Crippen molar-refractivity contribution in [1.29, 1.82) is 0 Å². The molecule has 4 heteroatoms. The Morgan fingerprint density at radius 3 is 2.89 bits per heavy atom. The third-order valence-electron chi connectivity index (χ3n) is 4.14. The average molecular weight is 251 g/mol. The number of nitrogens with one attached hydrogen (secondary N) is 1. The van der Waals surface area contributed by atoms with Crippen molar-refractivity contribution in [2.75, 3.05) is 13.7 Å². The number of likely N-dealkylation sites (N-methyl/N-ethyl adjacent to an activating group) is 1. The molecule has 1 N–H and O–H groups in total. The van der Waals surface area contributed by atoms with E-state index in [0.717, 1.165) is 25.9 Å². The second-order valence-corrected chi connectivity index (χ2v) is 5.23. The van der Waals surface area contributed by atoms with Gasteiger partial charge in [-0.15, -0.1) is 0 Å². The Bertz CT molecular complexity index is 388. The Kier molecular flexibility index (Phi) is 4.40. The first-order valence-corrected chi connectivity index (χ1v) is 6.96. The van der Waals surface area contributed by atoms with Gasteiger partial charge in [-0.3, -0.25) is 4.68 Å². The van der Waals surface area contributed by atoms with Crippen LogP contribution in [-0.2, 0) is 24.6 Å². The minimum atomic E-state index is 0.362. The van der Waals surface area contributed by atoms with Crippen molar-refractivity contribution in [3.63, 3.8) is 0 Å². The monoisotopic (exact) mass is 251 g/mol. The molecule has 3 unspecified atom stereocenters. The van der Waals surface area contributed by atoms with E-state index < -0.39 is 0 Å². The van der Waals surface area contributed by atoms with Crippen LogP contribution < -0.4 is 5.32 Å². The van der Waals surface area contributed by atoms with Crippen molar-refractivity contribution in [3.05, 3.63) is 17.5 Å². The zero-order chi connectivity index (χ0) is 13.1. The predicted octanol–water partition coefficient (Wildman–Crippen LogP) is 1.54. The Morgan fingerprint density at radius 1 is 1.61 bits per heavy atom. The SMILES string of the molecule is CCc1cc(CC(NC)C2CCOC2C)n(C)n1. The van der Waals surface area contributed by atoms with Gasteiger partial charge in [-0.25, -0.2) is 0 Å². The Labute approximate surface area is 110 Å². The van der Waals surface area contributed by atoms with Crippen molar-refractivity contribution >= 4 is 0 Å². The summed E-state index contributed by atoms with van der Waals surface area (Å²) in [6.07, 6.45) is 3.55. The minimum Gasteiger partial charge on any atom is -0.378 e. The van der Waals surface area contributed by atoms with E-state index in [2.05, 4.69) is 30.3 Å². The highest BCUT2D eigenvalue weighted by molar-refractivity contribution is 5.12. The van der Waals surface area contributed by atoms with Crippen LogP contribution in [0.25, 0.3) is 0 Å². The normalized spacial score (nSPS) is 25.6. The lowest BCUT2D eigenvalue weighted by molar-refractivity contribution is 0.0961. The molecule has 102 valence electrons. The van der Waals surface area contributed by atoms with Crippen LogP contribution >= 0.6 is 0 Å². The van der Waals surface area contributed by atoms with Crippen molar-refractivity contribution in [3.8, 4) is 0 Å². The summed E-state index contributed by atoms with van der Waals surface area (Å²) in [5, 5.41) is 7.98. The van der Waals surface area contributed by atoms with Gasteiger partial charge in [0.25, 0.3) is 0 Å². The first-order chi connectivity index (χ1) is 8.65. The van der Waals surface area contributed by atoms with Crippen LogP contribution in [-0.4, -0.2) is 35.6 Å². The molecule has 0 bridgehead atoms. The minimum absolute atomic E-state index is 0.362. The van der Waals surface area contributed by atoms with E-state index in [0.29, 0.717) is 18.1 Å². The quantitative estimate of drug-likeness (QED) is 0.863. The smallest absolute Gasteiger partial charge is 0.0624 e. The Balaban J connectivity index is 2.07. The van der Waals surface area contributed by atoms with Gasteiger partial charge in [0, 0.05) is 37.7 Å². The van der Waals surface area contributed by atoms with E-state index in [4.69, 9.17) is 4.74 Å². The lowest BCUT2D eigenvalue weighted by atomic mass is 9.90. The Hall–Kier alpha value is -0.870. The standard InChI is InChI=1S/C14H25N3O/c1-5-11-8-12(17(4)16-11)9-14(15-3)13-6-7-18-10(13)2/h8,10,13-15H,5-7,9H2,1-4H3. The highest BCUT2D eigenvalue weighted by Crippen LogP contribution is 2.25. The van der Waals surface area contributed by atoms with Gasteiger partial charge in [0.2, 0.25) is 0 Å². The fourth-order valence-corrected chi connectivity index (χ4v) is 2.90.